The number of para-hydroxylation sites is 1. The number of H-pyrrole nitrogens is 1. The van der Waals surface area contributed by atoms with E-state index in [-0.39, 0.29) is 5.91 Å². The van der Waals surface area contributed by atoms with Crippen molar-refractivity contribution in [3.05, 3.63) is 66.4 Å². The van der Waals surface area contributed by atoms with Crippen molar-refractivity contribution in [2.75, 3.05) is 10.6 Å². The van der Waals surface area contributed by atoms with E-state index in [1.54, 1.807) is 6.20 Å². The second-order valence-electron chi connectivity index (χ2n) is 6.54. The average molecular weight is 371 g/mol. The smallest absolute Gasteiger partial charge is 0.221 e. The molecular weight excluding hydrogens is 350 g/mol. The molecule has 28 heavy (non-hydrogen) atoms. The monoisotopic (exact) mass is 371 g/mol. The van der Waals surface area contributed by atoms with Gasteiger partial charge in [0, 0.05) is 30.1 Å². The van der Waals surface area contributed by atoms with Crippen molar-refractivity contribution in [1.82, 2.24) is 15.0 Å². The summed E-state index contributed by atoms with van der Waals surface area (Å²) in [6.07, 6.45) is 2.70. The molecule has 0 atom stereocenters. The first kappa shape index (κ1) is 17.7. The third kappa shape index (κ3) is 3.57. The molecular formula is C22H21N5O. The summed E-state index contributed by atoms with van der Waals surface area (Å²) in [4.78, 5) is 23.6. The zero-order chi connectivity index (χ0) is 19.5. The van der Waals surface area contributed by atoms with Crippen LogP contribution in [0.25, 0.3) is 22.6 Å². The number of fused-ring (bicyclic) bond motifs is 1. The van der Waals surface area contributed by atoms with Gasteiger partial charge in [-0.15, -0.1) is 0 Å². The minimum absolute atomic E-state index is 0.0937. The lowest BCUT2D eigenvalue weighted by Crippen LogP contribution is -2.05. The summed E-state index contributed by atoms with van der Waals surface area (Å²) in [6, 6.07) is 17.8. The van der Waals surface area contributed by atoms with Gasteiger partial charge in [-0.05, 0) is 48.4 Å². The van der Waals surface area contributed by atoms with Crippen molar-refractivity contribution < 1.29 is 4.79 Å². The molecule has 6 nitrogen and oxygen atoms in total. The number of nitrogens with zero attached hydrogens (tertiary/aromatic N) is 2. The molecule has 140 valence electrons. The molecule has 0 bridgehead atoms. The fourth-order valence-electron chi connectivity index (χ4n) is 3.16. The second-order valence-corrected chi connectivity index (χ2v) is 6.54. The van der Waals surface area contributed by atoms with Gasteiger partial charge in [0.25, 0.3) is 0 Å². The van der Waals surface area contributed by atoms with Gasteiger partial charge in [-0.1, -0.05) is 25.1 Å². The van der Waals surface area contributed by atoms with Crippen LogP contribution in [0.15, 0.2) is 60.8 Å². The van der Waals surface area contributed by atoms with Gasteiger partial charge in [0.1, 0.15) is 11.3 Å². The highest BCUT2D eigenvalue weighted by Crippen LogP contribution is 2.28. The SMILES string of the molecule is CCc1ccccc1Nc1ccnc2nc(-c3ccc(NC(C)=O)cc3)[nH]c12. The molecule has 2 heterocycles. The summed E-state index contributed by atoms with van der Waals surface area (Å²) in [6.45, 7) is 3.63. The Kier molecular flexibility index (Phi) is 4.76. The molecule has 0 unspecified atom stereocenters. The number of aryl methyl sites for hydroxylation is 1. The number of amides is 1. The van der Waals surface area contributed by atoms with E-state index in [9.17, 15) is 4.79 Å². The summed E-state index contributed by atoms with van der Waals surface area (Å²) in [5, 5.41) is 6.27. The maximum Gasteiger partial charge on any atom is 0.221 e. The van der Waals surface area contributed by atoms with Crippen LogP contribution in [0.1, 0.15) is 19.4 Å². The number of carbonyl (C=O) groups excluding carboxylic acids is 1. The minimum Gasteiger partial charge on any atom is -0.353 e. The van der Waals surface area contributed by atoms with Crippen molar-refractivity contribution in [2.45, 2.75) is 20.3 Å². The Morgan fingerprint density at radius 1 is 1.04 bits per heavy atom. The lowest BCUT2D eigenvalue weighted by Gasteiger charge is -2.11. The molecule has 0 aliphatic carbocycles. The third-order valence-electron chi connectivity index (χ3n) is 4.54. The Balaban J connectivity index is 1.68. The zero-order valence-electron chi connectivity index (χ0n) is 15.8. The Labute approximate surface area is 163 Å². The Hall–Kier alpha value is -3.67. The molecule has 3 N–H and O–H groups in total. The van der Waals surface area contributed by atoms with E-state index in [1.165, 1.54) is 12.5 Å². The molecule has 0 saturated carbocycles. The van der Waals surface area contributed by atoms with Crippen LogP contribution in [0.5, 0.6) is 0 Å². The first-order valence-electron chi connectivity index (χ1n) is 9.21. The molecule has 2 aromatic heterocycles. The van der Waals surface area contributed by atoms with Gasteiger partial charge in [-0.25, -0.2) is 9.97 Å². The maximum absolute atomic E-state index is 11.2. The Morgan fingerprint density at radius 3 is 2.57 bits per heavy atom. The minimum atomic E-state index is -0.0937. The topological polar surface area (TPSA) is 82.7 Å². The molecule has 0 fully saturated rings. The first-order valence-corrected chi connectivity index (χ1v) is 9.21. The largest absolute Gasteiger partial charge is 0.353 e. The van der Waals surface area contributed by atoms with Gasteiger partial charge in [0.05, 0.1) is 5.69 Å². The van der Waals surface area contributed by atoms with Crippen LogP contribution in [0.4, 0.5) is 17.1 Å². The van der Waals surface area contributed by atoms with Crippen LogP contribution in [0.3, 0.4) is 0 Å². The van der Waals surface area contributed by atoms with Gasteiger partial charge in [-0.2, -0.15) is 0 Å². The van der Waals surface area contributed by atoms with E-state index in [0.717, 1.165) is 40.4 Å². The van der Waals surface area contributed by atoms with E-state index in [2.05, 4.69) is 44.6 Å². The number of rotatable bonds is 5. The molecule has 0 saturated heterocycles. The quantitative estimate of drug-likeness (QED) is 0.466. The molecule has 6 heteroatoms. The standard InChI is InChI=1S/C22H21N5O/c1-3-15-6-4-5-7-18(15)25-19-12-13-23-22-20(19)26-21(27-22)16-8-10-17(11-9-16)24-14(2)28/h4-13H,3H2,1-2H3,(H,24,28)(H2,23,25,26,27). The molecule has 4 rings (SSSR count). The van der Waals surface area contributed by atoms with Gasteiger partial charge < -0.3 is 15.6 Å². The predicted molar refractivity (Wildman–Crippen MR) is 113 cm³/mol. The van der Waals surface area contributed by atoms with Crippen LogP contribution < -0.4 is 10.6 Å². The fraction of sp³-hybridized carbons (Fsp3) is 0.136. The number of pyridine rings is 1. The third-order valence-corrected chi connectivity index (χ3v) is 4.54. The van der Waals surface area contributed by atoms with Crippen molar-refractivity contribution in [3.8, 4) is 11.4 Å². The van der Waals surface area contributed by atoms with E-state index in [4.69, 9.17) is 0 Å². The van der Waals surface area contributed by atoms with Gasteiger partial charge in [0.15, 0.2) is 5.65 Å². The highest BCUT2D eigenvalue weighted by atomic mass is 16.1. The van der Waals surface area contributed by atoms with Crippen molar-refractivity contribution in [1.29, 1.82) is 0 Å². The molecule has 1 amide bonds. The lowest BCUT2D eigenvalue weighted by atomic mass is 10.1. The van der Waals surface area contributed by atoms with E-state index >= 15 is 0 Å². The average Bonchev–Trinajstić information content (AvgIpc) is 3.14. The van der Waals surface area contributed by atoms with Crippen molar-refractivity contribution >= 4 is 34.1 Å². The number of hydrogen-bond donors (Lipinski definition) is 3. The lowest BCUT2D eigenvalue weighted by molar-refractivity contribution is -0.114. The normalized spacial score (nSPS) is 10.8. The van der Waals surface area contributed by atoms with Gasteiger partial charge >= 0.3 is 0 Å². The second kappa shape index (κ2) is 7.52. The highest BCUT2D eigenvalue weighted by Gasteiger charge is 2.11. The summed E-state index contributed by atoms with van der Waals surface area (Å²) in [7, 11) is 0. The maximum atomic E-state index is 11.2. The predicted octanol–water partition coefficient (Wildman–Crippen LogP) is 4.89. The van der Waals surface area contributed by atoms with Crippen molar-refractivity contribution in [3.63, 3.8) is 0 Å². The summed E-state index contributed by atoms with van der Waals surface area (Å²) in [5.74, 6) is 0.638. The van der Waals surface area contributed by atoms with E-state index < -0.39 is 0 Å². The highest BCUT2D eigenvalue weighted by molar-refractivity contribution is 5.91. The number of imidazole rings is 1. The number of aromatic nitrogens is 3. The Morgan fingerprint density at radius 2 is 1.82 bits per heavy atom. The molecule has 0 aliphatic heterocycles. The molecule has 0 spiro atoms. The van der Waals surface area contributed by atoms with Crippen LogP contribution in [0.2, 0.25) is 0 Å². The van der Waals surface area contributed by atoms with Crippen LogP contribution in [-0.2, 0) is 11.2 Å². The van der Waals surface area contributed by atoms with Crippen LogP contribution in [-0.4, -0.2) is 20.9 Å². The number of benzene rings is 2. The summed E-state index contributed by atoms with van der Waals surface area (Å²) >= 11 is 0. The van der Waals surface area contributed by atoms with E-state index in [0.29, 0.717) is 5.65 Å². The summed E-state index contributed by atoms with van der Waals surface area (Å²) in [5.41, 5.74) is 6.44. The fourth-order valence-corrected chi connectivity index (χ4v) is 3.16. The zero-order valence-corrected chi connectivity index (χ0v) is 15.8. The Bertz CT molecular complexity index is 1130. The van der Waals surface area contributed by atoms with E-state index in [1.807, 2.05) is 42.5 Å². The molecule has 0 aliphatic rings. The number of anilines is 3. The first-order chi connectivity index (χ1) is 13.6. The van der Waals surface area contributed by atoms with Gasteiger partial charge in [0.2, 0.25) is 5.91 Å². The number of aromatic amines is 1. The molecule has 4 aromatic rings. The number of nitrogens with one attached hydrogen (secondary N) is 3. The van der Waals surface area contributed by atoms with Crippen LogP contribution >= 0.6 is 0 Å². The summed E-state index contributed by atoms with van der Waals surface area (Å²) < 4.78 is 0. The molecule has 0 radical (unpaired) electrons. The van der Waals surface area contributed by atoms with Crippen molar-refractivity contribution in [2.24, 2.45) is 0 Å². The molecule has 2 aromatic carbocycles. The van der Waals surface area contributed by atoms with Crippen LogP contribution in [0, 0.1) is 0 Å². The number of carbonyl (C=O) groups is 1. The van der Waals surface area contributed by atoms with Gasteiger partial charge in [-0.3, -0.25) is 4.79 Å². The number of hydrogen-bond acceptors (Lipinski definition) is 4.